The number of halogens is 1. The van der Waals surface area contributed by atoms with E-state index in [0.29, 0.717) is 21.3 Å². The van der Waals surface area contributed by atoms with Crippen LogP contribution in [0.1, 0.15) is 18.1 Å². The maximum absolute atomic E-state index is 12.6. The summed E-state index contributed by atoms with van der Waals surface area (Å²) in [5, 5.41) is 0. The number of thioether (sulfide) groups is 1. The third kappa shape index (κ3) is 4.48. The van der Waals surface area contributed by atoms with Crippen molar-refractivity contribution in [1.82, 2.24) is 4.90 Å². The van der Waals surface area contributed by atoms with Crippen molar-refractivity contribution in [2.24, 2.45) is 0 Å². The smallest absolute Gasteiger partial charge is 0.339 e. The third-order valence-corrected chi connectivity index (χ3v) is 7.08. The number of likely N-dealkylation sites (N-methyl/N-ethyl adjacent to an activating group) is 1. The molecule has 146 valence electrons. The van der Waals surface area contributed by atoms with Gasteiger partial charge in [-0.1, -0.05) is 57.6 Å². The van der Waals surface area contributed by atoms with Crippen molar-refractivity contribution in [1.29, 1.82) is 0 Å². The van der Waals surface area contributed by atoms with Crippen molar-refractivity contribution in [3.63, 3.8) is 0 Å². The number of hydrogen-bond acceptors (Lipinski definition) is 6. The first kappa shape index (κ1) is 21.0. The van der Waals surface area contributed by atoms with E-state index < -0.39 is 10.1 Å². The van der Waals surface area contributed by atoms with E-state index in [2.05, 4.69) is 15.9 Å². The predicted octanol–water partition coefficient (Wildman–Crippen LogP) is 4.75. The molecule has 0 atom stereocenters. The van der Waals surface area contributed by atoms with Gasteiger partial charge in [0.2, 0.25) is 0 Å². The monoisotopic (exact) mass is 497 g/mol. The Bertz CT molecular complexity index is 1080. The molecule has 0 unspecified atom stereocenters. The summed E-state index contributed by atoms with van der Waals surface area (Å²) in [4.78, 5) is 14.4. The lowest BCUT2D eigenvalue weighted by molar-refractivity contribution is -0.121. The summed E-state index contributed by atoms with van der Waals surface area (Å²) < 4.78 is 31.9. The normalized spacial score (nSPS) is 16.1. The van der Waals surface area contributed by atoms with E-state index in [1.165, 1.54) is 28.8 Å². The van der Waals surface area contributed by atoms with Gasteiger partial charge in [-0.15, -0.1) is 0 Å². The Labute approximate surface area is 182 Å². The lowest BCUT2D eigenvalue weighted by atomic mass is 10.2. The summed E-state index contributed by atoms with van der Waals surface area (Å²) >= 11 is 9.77. The van der Waals surface area contributed by atoms with E-state index in [1.807, 2.05) is 13.8 Å². The number of carbonyl (C=O) groups excluding carboxylic acids is 1. The molecule has 1 aliphatic rings. The van der Waals surface area contributed by atoms with Crippen LogP contribution >= 0.6 is 39.9 Å². The molecule has 2 aromatic carbocycles. The maximum atomic E-state index is 12.6. The zero-order chi connectivity index (χ0) is 20.5. The lowest BCUT2D eigenvalue weighted by Gasteiger charge is -2.11. The number of amides is 1. The second-order valence-electron chi connectivity index (χ2n) is 5.96. The first-order valence-corrected chi connectivity index (χ1v) is 11.7. The Kier molecular flexibility index (Phi) is 6.28. The molecule has 1 saturated heterocycles. The van der Waals surface area contributed by atoms with Gasteiger partial charge in [-0.3, -0.25) is 9.69 Å². The van der Waals surface area contributed by atoms with Gasteiger partial charge >= 0.3 is 10.1 Å². The molecule has 0 bridgehead atoms. The number of thiocarbonyl (C=S) groups is 1. The third-order valence-electron chi connectivity index (χ3n) is 3.96. The molecule has 0 spiro atoms. The molecular weight excluding hydrogens is 482 g/mol. The van der Waals surface area contributed by atoms with Crippen LogP contribution in [-0.4, -0.2) is 30.1 Å². The maximum Gasteiger partial charge on any atom is 0.339 e. The molecule has 1 heterocycles. The number of benzene rings is 2. The predicted molar refractivity (Wildman–Crippen MR) is 119 cm³/mol. The highest BCUT2D eigenvalue weighted by Gasteiger charge is 2.31. The highest BCUT2D eigenvalue weighted by Crippen LogP contribution is 2.35. The molecule has 1 aliphatic heterocycles. The van der Waals surface area contributed by atoms with Crippen molar-refractivity contribution in [3.05, 3.63) is 63.0 Å². The molecule has 0 aromatic heterocycles. The number of rotatable bonds is 5. The zero-order valence-corrected chi connectivity index (χ0v) is 19.0. The molecule has 28 heavy (non-hydrogen) atoms. The first-order valence-electron chi connectivity index (χ1n) is 8.27. The average Bonchev–Trinajstić information content (AvgIpc) is 2.90. The molecule has 2 aromatic rings. The van der Waals surface area contributed by atoms with Crippen LogP contribution in [0.4, 0.5) is 0 Å². The fourth-order valence-electron chi connectivity index (χ4n) is 2.49. The van der Waals surface area contributed by atoms with Crippen LogP contribution in [0.25, 0.3) is 6.08 Å². The molecule has 9 heteroatoms. The van der Waals surface area contributed by atoms with Crippen molar-refractivity contribution in [2.75, 3.05) is 6.54 Å². The van der Waals surface area contributed by atoms with Gasteiger partial charge in [-0.2, -0.15) is 8.42 Å². The topological polar surface area (TPSA) is 63.7 Å². The highest BCUT2D eigenvalue weighted by molar-refractivity contribution is 9.10. The van der Waals surface area contributed by atoms with Crippen LogP contribution < -0.4 is 4.18 Å². The summed E-state index contributed by atoms with van der Waals surface area (Å²) in [6.45, 7) is 4.19. The van der Waals surface area contributed by atoms with E-state index in [-0.39, 0.29) is 16.6 Å². The summed E-state index contributed by atoms with van der Waals surface area (Å²) in [6.07, 6.45) is 1.60. The largest absolute Gasteiger partial charge is 0.378 e. The van der Waals surface area contributed by atoms with E-state index in [4.69, 9.17) is 16.4 Å². The van der Waals surface area contributed by atoms with Gasteiger partial charge < -0.3 is 4.18 Å². The van der Waals surface area contributed by atoms with Gasteiger partial charge in [0.1, 0.15) is 15.0 Å². The fourth-order valence-corrected chi connectivity index (χ4v) is 5.20. The molecule has 1 amide bonds. The molecule has 5 nitrogen and oxygen atoms in total. The van der Waals surface area contributed by atoms with Crippen LogP contribution in [-0.2, 0) is 14.9 Å². The molecular formula is C19H16BrNO4S3. The molecule has 3 rings (SSSR count). The van der Waals surface area contributed by atoms with Gasteiger partial charge in [0.05, 0.1) is 4.91 Å². The summed E-state index contributed by atoms with van der Waals surface area (Å²) in [5.74, 6) is -0.0737. The summed E-state index contributed by atoms with van der Waals surface area (Å²) in [7, 11) is -4.01. The molecule has 0 radical (unpaired) electrons. The van der Waals surface area contributed by atoms with Gasteiger partial charge in [-0.05, 0) is 50.3 Å². The van der Waals surface area contributed by atoms with Crippen LogP contribution in [0.5, 0.6) is 5.75 Å². The van der Waals surface area contributed by atoms with Crippen LogP contribution in [0.3, 0.4) is 0 Å². The van der Waals surface area contributed by atoms with Crippen LogP contribution in [0.2, 0.25) is 0 Å². The Balaban J connectivity index is 1.98. The molecule has 0 saturated carbocycles. The Morgan fingerprint density at radius 3 is 2.50 bits per heavy atom. The Morgan fingerprint density at radius 2 is 1.89 bits per heavy atom. The van der Waals surface area contributed by atoms with E-state index in [1.54, 1.807) is 36.4 Å². The Hall–Kier alpha value is -1.68. The van der Waals surface area contributed by atoms with E-state index in [0.717, 1.165) is 10.0 Å². The van der Waals surface area contributed by atoms with E-state index >= 15 is 0 Å². The lowest BCUT2D eigenvalue weighted by Crippen LogP contribution is -2.27. The van der Waals surface area contributed by atoms with Gasteiger partial charge in [-0.25, -0.2) is 0 Å². The average molecular weight is 498 g/mol. The fraction of sp³-hybridized carbons (Fsp3) is 0.158. The number of nitrogens with zero attached hydrogens (tertiary/aromatic N) is 1. The van der Waals surface area contributed by atoms with Crippen molar-refractivity contribution < 1.29 is 17.4 Å². The summed E-state index contributed by atoms with van der Waals surface area (Å²) in [5.41, 5.74) is 1.41. The van der Waals surface area contributed by atoms with E-state index in [9.17, 15) is 13.2 Å². The van der Waals surface area contributed by atoms with Gasteiger partial charge in [0, 0.05) is 16.6 Å². The minimum Gasteiger partial charge on any atom is -0.378 e. The van der Waals surface area contributed by atoms with Crippen LogP contribution in [0.15, 0.2) is 56.7 Å². The number of carbonyl (C=O) groups is 1. The second-order valence-corrected chi connectivity index (χ2v) is 10.1. The van der Waals surface area contributed by atoms with Crippen LogP contribution in [0, 0.1) is 6.92 Å². The molecule has 0 aliphatic carbocycles. The first-order chi connectivity index (χ1) is 13.2. The van der Waals surface area contributed by atoms with Crippen molar-refractivity contribution in [2.45, 2.75) is 18.7 Å². The second kappa shape index (κ2) is 8.36. The highest BCUT2D eigenvalue weighted by atomic mass is 79.9. The summed E-state index contributed by atoms with van der Waals surface area (Å²) in [6, 6.07) is 11.3. The van der Waals surface area contributed by atoms with Gasteiger partial charge in [0.25, 0.3) is 5.91 Å². The minimum absolute atomic E-state index is 0.0595. The van der Waals surface area contributed by atoms with Crippen molar-refractivity contribution in [3.8, 4) is 5.75 Å². The minimum atomic E-state index is -4.01. The van der Waals surface area contributed by atoms with Gasteiger partial charge in [0.15, 0.2) is 0 Å². The standard InChI is InChI=1S/C19H16BrNO4S3/c1-3-21-18(22)17(27-19(21)26)11-13-10-14(20)6-9-16(13)25-28(23,24)15-7-4-12(2)5-8-15/h4-11H,3H2,1-2H3/b17-11+. The zero-order valence-electron chi connectivity index (χ0n) is 15.0. The number of aryl methyl sites for hydroxylation is 1. The number of hydrogen-bond donors (Lipinski definition) is 0. The SMILES string of the molecule is CCN1C(=O)/C(=C\c2cc(Br)ccc2OS(=O)(=O)c2ccc(C)cc2)SC1=S. The Morgan fingerprint density at radius 1 is 1.21 bits per heavy atom. The quantitative estimate of drug-likeness (QED) is 0.337. The van der Waals surface area contributed by atoms with Crippen molar-refractivity contribution >= 4 is 66.3 Å². The molecule has 1 fully saturated rings. The molecule has 0 N–H and O–H groups in total.